The van der Waals surface area contributed by atoms with Crippen LogP contribution in [0, 0.1) is 0 Å². The number of sulfone groups is 1. The molecule has 1 aliphatic heterocycles. The molecule has 4 aromatic carbocycles. The lowest BCUT2D eigenvalue weighted by molar-refractivity contribution is 0.0950. The van der Waals surface area contributed by atoms with Crippen molar-refractivity contribution in [3.8, 4) is 0 Å². The largest absolute Gasteiger partial charge is 0.352 e. The van der Waals surface area contributed by atoms with Crippen molar-refractivity contribution >= 4 is 38.9 Å². The number of carbonyl (C=O) groups excluding carboxylic acids is 2. The quantitative estimate of drug-likeness (QED) is 0.366. The lowest BCUT2D eigenvalue weighted by Crippen LogP contribution is -2.31. The van der Waals surface area contributed by atoms with Crippen LogP contribution in [0.5, 0.6) is 0 Å². The van der Waals surface area contributed by atoms with Gasteiger partial charge in [0, 0.05) is 17.1 Å². The molecule has 186 valence electrons. The summed E-state index contributed by atoms with van der Waals surface area (Å²) in [6.45, 7) is 0.517. The highest BCUT2D eigenvalue weighted by molar-refractivity contribution is 7.91. The van der Waals surface area contributed by atoms with Crippen LogP contribution in [-0.2, 0) is 22.8 Å². The number of halogens is 1. The number of fused-ring (bicyclic) bond motifs is 2. The summed E-state index contributed by atoms with van der Waals surface area (Å²) in [4.78, 5) is 28.0. The summed E-state index contributed by atoms with van der Waals surface area (Å²) in [5, 5.41) is 3.43. The second-order valence-corrected chi connectivity index (χ2v) is 11.0. The zero-order valence-corrected chi connectivity index (χ0v) is 21.3. The summed E-state index contributed by atoms with van der Waals surface area (Å²) >= 11 is 6.03. The maximum Gasteiger partial charge on any atom is 0.259 e. The van der Waals surface area contributed by atoms with Crippen molar-refractivity contribution in [2.45, 2.75) is 22.8 Å². The van der Waals surface area contributed by atoms with Crippen LogP contribution in [0.2, 0.25) is 5.02 Å². The normalized spacial score (nSPS) is 13.9. The number of hydrogen-bond donors (Lipinski definition) is 1. The van der Waals surface area contributed by atoms with Crippen molar-refractivity contribution in [1.29, 1.82) is 0 Å². The Labute approximate surface area is 220 Å². The second kappa shape index (κ2) is 10.2. The van der Waals surface area contributed by atoms with Gasteiger partial charge in [0.25, 0.3) is 11.8 Å². The van der Waals surface area contributed by atoms with Crippen LogP contribution in [0.3, 0.4) is 0 Å². The molecule has 37 heavy (non-hydrogen) atoms. The van der Waals surface area contributed by atoms with Gasteiger partial charge in [0.1, 0.15) is 0 Å². The van der Waals surface area contributed by atoms with Crippen molar-refractivity contribution in [1.82, 2.24) is 5.32 Å². The molecule has 6 nitrogen and oxygen atoms in total. The lowest BCUT2D eigenvalue weighted by Gasteiger charge is -2.23. The van der Waals surface area contributed by atoms with E-state index in [1.807, 2.05) is 30.3 Å². The number of nitrogens with zero attached hydrogens (tertiary/aromatic N) is 1. The number of hydrogen-bond acceptors (Lipinski definition) is 4. The van der Waals surface area contributed by atoms with E-state index in [2.05, 4.69) is 5.32 Å². The Kier molecular flexibility index (Phi) is 6.82. The summed E-state index contributed by atoms with van der Waals surface area (Å²) in [7, 11) is -4.01. The predicted octanol–water partition coefficient (Wildman–Crippen LogP) is 5.31. The molecule has 0 atom stereocenters. The van der Waals surface area contributed by atoms with Gasteiger partial charge in [-0.05, 0) is 60.0 Å². The van der Waals surface area contributed by atoms with Gasteiger partial charge in [-0.1, -0.05) is 66.2 Å². The fourth-order valence-electron chi connectivity index (χ4n) is 4.34. The van der Waals surface area contributed by atoms with E-state index in [0.29, 0.717) is 18.0 Å². The summed E-state index contributed by atoms with van der Waals surface area (Å²) < 4.78 is 27.2. The van der Waals surface area contributed by atoms with E-state index in [4.69, 9.17) is 11.6 Å². The first-order valence-electron chi connectivity index (χ1n) is 11.7. The molecule has 0 saturated carbocycles. The second-order valence-electron chi connectivity index (χ2n) is 8.69. The Morgan fingerprint density at radius 3 is 2.27 bits per heavy atom. The molecule has 0 bridgehead atoms. The van der Waals surface area contributed by atoms with Crippen molar-refractivity contribution in [3.63, 3.8) is 0 Å². The Balaban J connectivity index is 1.53. The van der Waals surface area contributed by atoms with E-state index in [1.165, 1.54) is 35.2 Å². The van der Waals surface area contributed by atoms with Crippen LogP contribution in [0.4, 0.5) is 5.69 Å². The highest BCUT2D eigenvalue weighted by atomic mass is 35.5. The van der Waals surface area contributed by atoms with Gasteiger partial charge >= 0.3 is 0 Å². The minimum atomic E-state index is -4.01. The number of nitrogens with one attached hydrogen (secondary N) is 1. The Bertz CT molecular complexity index is 1590. The Morgan fingerprint density at radius 2 is 1.51 bits per heavy atom. The molecule has 0 spiro atoms. The third-order valence-corrected chi connectivity index (χ3v) is 8.36. The Hall–Kier alpha value is -3.94. The SMILES string of the molecule is O=C(NCCc1ccccc1)c1ccc2c(c1)N(Cc1ccc(Cl)cc1)C(=O)c1ccccc1S2(=O)=O. The number of anilines is 1. The van der Waals surface area contributed by atoms with E-state index in [1.54, 1.807) is 36.4 Å². The summed E-state index contributed by atoms with van der Waals surface area (Å²) in [5.74, 6) is -0.814. The monoisotopic (exact) mass is 530 g/mol. The summed E-state index contributed by atoms with van der Waals surface area (Å²) in [6.07, 6.45) is 0.655. The van der Waals surface area contributed by atoms with Gasteiger partial charge in [0.15, 0.2) is 0 Å². The average Bonchev–Trinajstić information content (AvgIpc) is 2.98. The number of benzene rings is 4. The van der Waals surface area contributed by atoms with Crippen molar-refractivity contribution < 1.29 is 18.0 Å². The van der Waals surface area contributed by atoms with E-state index in [9.17, 15) is 18.0 Å². The molecule has 1 N–H and O–H groups in total. The van der Waals surface area contributed by atoms with E-state index in [0.717, 1.165) is 11.1 Å². The third kappa shape index (κ3) is 5.01. The molecule has 1 aliphatic rings. The van der Waals surface area contributed by atoms with Crippen molar-refractivity contribution in [3.05, 3.63) is 124 Å². The summed E-state index contributed by atoms with van der Waals surface area (Å²) in [5.41, 5.74) is 2.36. The molecule has 0 unspecified atom stereocenters. The smallest absolute Gasteiger partial charge is 0.259 e. The fourth-order valence-corrected chi connectivity index (χ4v) is 6.10. The van der Waals surface area contributed by atoms with Crippen LogP contribution in [0.25, 0.3) is 0 Å². The molecular weight excluding hydrogens is 508 g/mol. The van der Waals surface area contributed by atoms with Gasteiger partial charge < -0.3 is 10.2 Å². The van der Waals surface area contributed by atoms with Gasteiger partial charge in [-0.15, -0.1) is 0 Å². The van der Waals surface area contributed by atoms with E-state index in [-0.39, 0.29) is 39.1 Å². The number of carbonyl (C=O) groups is 2. The van der Waals surface area contributed by atoms with Crippen LogP contribution in [-0.4, -0.2) is 26.8 Å². The van der Waals surface area contributed by atoms with Crippen LogP contribution in [0.1, 0.15) is 31.8 Å². The van der Waals surface area contributed by atoms with E-state index < -0.39 is 15.7 Å². The van der Waals surface area contributed by atoms with Crippen molar-refractivity contribution in [2.24, 2.45) is 0 Å². The fraction of sp³-hybridized carbons (Fsp3) is 0.103. The molecule has 0 aliphatic carbocycles. The third-order valence-electron chi connectivity index (χ3n) is 6.25. The maximum absolute atomic E-state index is 13.7. The topological polar surface area (TPSA) is 83.6 Å². The first-order chi connectivity index (χ1) is 17.8. The molecule has 0 radical (unpaired) electrons. The molecule has 2 amide bonds. The molecule has 0 saturated heterocycles. The Morgan fingerprint density at radius 1 is 0.811 bits per heavy atom. The highest BCUT2D eigenvalue weighted by Crippen LogP contribution is 2.38. The molecule has 1 heterocycles. The lowest BCUT2D eigenvalue weighted by atomic mass is 10.1. The number of amides is 2. The number of rotatable bonds is 6. The molecule has 0 aromatic heterocycles. The van der Waals surface area contributed by atoms with Gasteiger partial charge in [-0.25, -0.2) is 8.42 Å². The first kappa shape index (κ1) is 24.7. The van der Waals surface area contributed by atoms with Crippen LogP contribution in [0.15, 0.2) is 107 Å². The highest BCUT2D eigenvalue weighted by Gasteiger charge is 2.36. The average molecular weight is 531 g/mol. The van der Waals surface area contributed by atoms with E-state index >= 15 is 0 Å². The van der Waals surface area contributed by atoms with Gasteiger partial charge in [-0.2, -0.15) is 0 Å². The zero-order chi connectivity index (χ0) is 26.0. The van der Waals surface area contributed by atoms with Gasteiger partial charge in [0.2, 0.25) is 9.84 Å². The first-order valence-corrected chi connectivity index (χ1v) is 13.6. The standard InChI is InChI=1S/C29H23ClN2O4S/c30-23-13-10-21(11-14-23)19-32-25-18-22(28(33)31-17-16-20-6-2-1-3-7-20)12-15-27(25)37(35,36)26-9-5-4-8-24(26)29(32)34/h1-15,18H,16-17,19H2,(H,31,33). The van der Waals surface area contributed by atoms with Gasteiger partial charge in [0.05, 0.1) is 27.6 Å². The molecule has 0 fully saturated rings. The van der Waals surface area contributed by atoms with Crippen LogP contribution < -0.4 is 10.2 Å². The van der Waals surface area contributed by atoms with Gasteiger partial charge in [-0.3, -0.25) is 9.59 Å². The molecule has 8 heteroatoms. The predicted molar refractivity (Wildman–Crippen MR) is 143 cm³/mol. The minimum absolute atomic E-state index is 0.0272. The zero-order valence-electron chi connectivity index (χ0n) is 19.7. The minimum Gasteiger partial charge on any atom is -0.352 e. The summed E-state index contributed by atoms with van der Waals surface area (Å²) in [6, 6.07) is 27.3. The van der Waals surface area contributed by atoms with Crippen LogP contribution >= 0.6 is 11.6 Å². The maximum atomic E-state index is 13.7. The molecule has 4 aromatic rings. The molecular formula is C29H23ClN2O4S. The van der Waals surface area contributed by atoms with Crippen molar-refractivity contribution in [2.75, 3.05) is 11.4 Å². The molecule has 5 rings (SSSR count).